The summed E-state index contributed by atoms with van der Waals surface area (Å²) in [6, 6.07) is 5.11. The Kier molecular flexibility index (Phi) is 3.40. The number of nitrogens with zero attached hydrogens (tertiary/aromatic N) is 1. The molecule has 0 bridgehead atoms. The highest BCUT2D eigenvalue weighted by atomic mass is 32.1. The van der Waals surface area contributed by atoms with E-state index in [1.807, 2.05) is 0 Å². The molecular weight excluding hydrogens is 280 g/mol. The molecule has 0 aliphatic rings. The van der Waals surface area contributed by atoms with E-state index in [1.54, 1.807) is 6.92 Å². The van der Waals surface area contributed by atoms with E-state index in [-0.39, 0.29) is 10.3 Å². The molecule has 0 unspecified atom stereocenters. The number of aromatic nitrogens is 2. The van der Waals surface area contributed by atoms with E-state index in [2.05, 4.69) is 9.97 Å². The summed E-state index contributed by atoms with van der Waals surface area (Å²) in [5, 5.41) is 0. The zero-order valence-electron chi connectivity index (χ0n) is 9.68. The molecule has 1 aromatic carbocycles. The Bertz CT molecular complexity index is 676. The normalized spacial score (nSPS) is 11.6. The highest BCUT2D eigenvalue weighted by Gasteiger charge is 2.34. The summed E-state index contributed by atoms with van der Waals surface area (Å²) in [5.41, 5.74) is 1.11. The smallest absolute Gasteiger partial charge is 0.335 e. The molecule has 0 spiro atoms. The fourth-order valence-electron chi connectivity index (χ4n) is 1.67. The summed E-state index contributed by atoms with van der Waals surface area (Å²) in [4.78, 5) is 5.41. The number of rotatable bonds is 1. The van der Waals surface area contributed by atoms with Gasteiger partial charge >= 0.3 is 6.18 Å². The second kappa shape index (κ2) is 4.73. The van der Waals surface area contributed by atoms with Gasteiger partial charge < -0.3 is 4.98 Å². The Balaban J connectivity index is 2.63. The fourth-order valence-corrected chi connectivity index (χ4v) is 1.88. The van der Waals surface area contributed by atoms with E-state index in [4.69, 9.17) is 12.2 Å². The SMILES string of the molecule is Cc1cc(F)ccc1-c1cc(=S)nc(C(F)(F)F)[nH]1. The summed E-state index contributed by atoms with van der Waals surface area (Å²) in [5.74, 6) is -1.62. The van der Waals surface area contributed by atoms with Crippen LogP contribution in [-0.2, 0) is 6.18 Å². The van der Waals surface area contributed by atoms with Crippen LogP contribution in [0.3, 0.4) is 0 Å². The van der Waals surface area contributed by atoms with Crippen molar-refractivity contribution in [1.82, 2.24) is 9.97 Å². The average Bonchev–Trinajstić information content (AvgIpc) is 2.26. The van der Waals surface area contributed by atoms with Gasteiger partial charge in [0, 0.05) is 5.56 Å². The number of hydrogen-bond donors (Lipinski definition) is 1. The van der Waals surface area contributed by atoms with Gasteiger partial charge in [0.2, 0.25) is 5.82 Å². The van der Waals surface area contributed by atoms with Gasteiger partial charge in [0.15, 0.2) is 0 Å². The van der Waals surface area contributed by atoms with Gasteiger partial charge in [-0.1, -0.05) is 12.2 Å². The molecule has 0 atom stereocenters. The lowest BCUT2D eigenvalue weighted by atomic mass is 10.1. The van der Waals surface area contributed by atoms with Gasteiger partial charge in [0.1, 0.15) is 10.5 Å². The van der Waals surface area contributed by atoms with E-state index < -0.39 is 17.8 Å². The summed E-state index contributed by atoms with van der Waals surface area (Å²) >= 11 is 4.72. The third-order valence-corrected chi connectivity index (χ3v) is 2.70. The third-order valence-electron chi connectivity index (χ3n) is 2.49. The Morgan fingerprint density at radius 3 is 2.47 bits per heavy atom. The maximum Gasteiger partial charge on any atom is 0.449 e. The molecule has 0 aliphatic carbocycles. The molecule has 2 rings (SSSR count). The monoisotopic (exact) mass is 288 g/mol. The first-order chi connectivity index (χ1) is 8.77. The van der Waals surface area contributed by atoms with Gasteiger partial charge in [-0.2, -0.15) is 13.2 Å². The standard InChI is InChI=1S/C12H8F4N2S/c1-6-4-7(13)2-3-8(6)9-5-10(19)18-11(17-9)12(14,15)16/h2-5H,1H3,(H,17,18,19). The molecule has 19 heavy (non-hydrogen) atoms. The summed E-state index contributed by atoms with van der Waals surface area (Å²) in [6.45, 7) is 1.60. The van der Waals surface area contributed by atoms with Crippen LogP contribution < -0.4 is 0 Å². The van der Waals surface area contributed by atoms with Crippen molar-refractivity contribution < 1.29 is 17.6 Å². The van der Waals surface area contributed by atoms with E-state index >= 15 is 0 Å². The van der Waals surface area contributed by atoms with E-state index in [0.29, 0.717) is 11.1 Å². The number of aryl methyl sites for hydroxylation is 1. The molecule has 1 heterocycles. The Morgan fingerprint density at radius 1 is 1.21 bits per heavy atom. The number of hydrogen-bond acceptors (Lipinski definition) is 2. The molecule has 0 amide bonds. The molecule has 1 aromatic heterocycles. The molecule has 0 saturated carbocycles. The summed E-state index contributed by atoms with van der Waals surface area (Å²) in [7, 11) is 0. The van der Waals surface area contributed by atoms with Crippen LogP contribution in [0.4, 0.5) is 17.6 Å². The minimum atomic E-state index is -4.61. The molecule has 2 nitrogen and oxygen atoms in total. The first-order valence-corrected chi connectivity index (χ1v) is 5.63. The lowest BCUT2D eigenvalue weighted by Gasteiger charge is -2.10. The number of H-pyrrole nitrogens is 1. The van der Waals surface area contributed by atoms with Crippen LogP contribution in [0.1, 0.15) is 11.4 Å². The van der Waals surface area contributed by atoms with Gasteiger partial charge in [-0.25, -0.2) is 9.37 Å². The highest BCUT2D eigenvalue weighted by Crippen LogP contribution is 2.29. The molecule has 7 heteroatoms. The quantitative estimate of drug-likeness (QED) is 0.627. The van der Waals surface area contributed by atoms with Crippen molar-refractivity contribution in [3.8, 4) is 11.3 Å². The maximum atomic E-state index is 13.0. The van der Waals surface area contributed by atoms with Crippen LogP contribution in [0, 0.1) is 17.4 Å². The molecule has 2 aromatic rings. The fraction of sp³-hybridized carbons (Fsp3) is 0.167. The van der Waals surface area contributed by atoms with Crippen molar-refractivity contribution in [2.24, 2.45) is 0 Å². The zero-order valence-corrected chi connectivity index (χ0v) is 10.5. The lowest BCUT2D eigenvalue weighted by Crippen LogP contribution is -2.11. The van der Waals surface area contributed by atoms with Crippen LogP contribution in [0.5, 0.6) is 0 Å². The van der Waals surface area contributed by atoms with Gasteiger partial charge in [-0.3, -0.25) is 0 Å². The number of halogens is 4. The van der Waals surface area contributed by atoms with Crippen molar-refractivity contribution >= 4 is 12.2 Å². The Labute approximate surface area is 111 Å². The number of benzene rings is 1. The zero-order chi connectivity index (χ0) is 14.2. The molecular formula is C12H8F4N2S. The Hall–Kier alpha value is -1.76. The van der Waals surface area contributed by atoms with Gasteiger partial charge in [-0.05, 0) is 36.8 Å². The highest BCUT2D eigenvalue weighted by molar-refractivity contribution is 7.71. The summed E-state index contributed by atoms with van der Waals surface area (Å²) in [6.07, 6.45) is -4.61. The third kappa shape index (κ3) is 2.98. The minimum absolute atomic E-state index is 0.157. The topological polar surface area (TPSA) is 28.7 Å². The van der Waals surface area contributed by atoms with E-state index in [1.165, 1.54) is 24.3 Å². The van der Waals surface area contributed by atoms with Crippen molar-refractivity contribution in [2.45, 2.75) is 13.1 Å². The molecule has 0 saturated heterocycles. The van der Waals surface area contributed by atoms with Crippen LogP contribution in [-0.4, -0.2) is 9.97 Å². The van der Waals surface area contributed by atoms with Crippen molar-refractivity contribution in [3.63, 3.8) is 0 Å². The summed E-state index contributed by atoms with van der Waals surface area (Å²) < 4.78 is 50.7. The lowest BCUT2D eigenvalue weighted by molar-refractivity contribution is -0.144. The van der Waals surface area contributed by atoms with Crippen molar-refractivity contribution in [3.05, 3.63) is 46.1 Å². The number of aromatic amines is 1. The first-order valence-electron chi connectivity index (χ1n) is 5.22. The van der Waals surface area contributed by atoms with E-state index in [9.17, 15) is 17.6 Å². The second-order valence-electron chi connectivity index (χ2n) is 3.94. The molecule has 1 N–H and O–H groups in total. The predicted octanol–water partition coefficient (Wildman–Crippen LogP) is 4.27. The molecule has 100 valence electrons. The number of alkyl halides is 3. The van der Waals surface area contributed by atoms with E-state index in [0.717, 1.165) is 0 Å². The van der Waals surface area contributed by atoms with Crippen LogP contribution in [0.2, 0.25) is 0 Å². The molecule has 0 aliphatic heterocycles. The number of nitrogens with one attached hydrogen (secondary N) is 1. The van der Waals surface area contributed by atoms with Crippen LogP contribution in [0.15, 0.2) is 24.3 Å². The predicted molar refractivity (Wildman–Crippen MR) is 64.6 cm³/mol. The van der Waals surface area contributed by atoms with Crippen molar-refractivity contribution in [1.29, 1.82) is 0 Å². The molecule has 0 fully saturated rings. The second-order valence-corrected chi connectivity index (χ2v) is 4.36. The van der Waals surface area contributed by atoms with Gasteiger partial charge in [0.25, 0.3) is 0 Å². The van der Waals surface area contributed by atoms with Gasteiger partial charge in [0.05, 0.1) is 5.69 Å². The minimum Gasteiger partial charge on any atom is -0.335 e. The Morgan fingerprint density at radius 2 is 1.89 bits per heavy atom. The largest absolute Gasteiger partial charge is 0.449 e. The van der Waals surface area contributed by atoms with Crippen LogP contribution in [0.25, 0.3) is 11.3 Å². The first kappa shape index (κ1) is 13.7. The van der Waals surface area contributed by atoms with Crippen LogP contribution >= 0.6 is 12.2 Å². The average molecular weight is 288 g/mol. The molecule has 0 radical (unpaired) electrons. The maximum absolute atomic E-state index is 13.0. The van der Waals surface area contributed by atoms with Crippen molar-refractivity contribution in [2.75, 3.05) is 0 Å². The van der Waals surface area contributed by atoms with Gasteiger partial charge in [-0.15, -0.1) is 0 Å².